The van der Waals surface area contributed by atoms with Crippen molar-refractivity contribution < 1.29 is 23.1 Å². The molecule has 1 aromatic rings. The van der Waals surface area contributed by atoms with Crippen molar-refractivity contribution in [3.05, 3.63) is 28.2 Å². The molecule has 1 aliphatic rings. The standard InChI is InChI=1S/C13H16BrNO5S/c1-20-8-9-4-5-15(7-9)21(18,19)12-3-2-10(13(16)17)6-11(12)14/h2-3,6,9H,4-5,7-8H2,1H3,(H,16,17). The quantitative estimate of drug-likeness (QED) is 0.845. The summed E-state index contributed by atoms with van der Waals surface area (Å²) < 4.78 is 31.9. The van der Waals surface area contributed by atoms with Gasteiger partial charge in [0, 0.05) is 24.7 Å². The van der Waals surface area contributed by atoms with E-state index in [0.717, 1.165) is 6.42 Å². The first-order valence-electron chi connectivity index (χ1n) is 6.38. The molecule has 1 saturated heterocycles. The summed E-state index contributed by atoms with van der Waals surface area (Å²) in [6.07, 6.45) is 0.762. The van der Waals surface area contributed by atoms with Gasteiger partial charge in [0.1, 0.15) is 0 Å². The van der Waals surface area contributed by atoms with E-state index in [1.807, 2.05) is 0 Å². The summed E-state index contributed by atoms with van der Waals surface area (Å²) in [7, 11) is -2.03. The minimum atomic E-state index is -3.63. The number of hydrogen-bond acceptors (Lipinski definition) is 4. The normalized spacial score (nSPS) is 19.8. The Kier molecular flexibility index (Phi) is 5.03. The highest BCUT2D eigenvalue weighted by Crippen LogP contribution is 2.29. The maximum absolute atomic E-state index is 12.6. The summed E-state index contributed by atoms with van der Waals surface area (Å²) >= 11 is 3.15. The van der Waals surface area contributed by atoms with Crippen molar-refractivity contribution in [2.24, 2.45) is 5.92 Å². The van der Waals surface area contributed by atoms with Crippen molar-refractivity contribution in [1.82, 2.24) is 4.31 Å². The van der Waals surface area contributed by atoms with Gasteiger partial charge in [-0.05, 0) is 46.5 Å². The lowest BCUT2D eigenvalue weighted by atomic mass is 10.1. The third kappa shape index (κ3) is 3.45. The van der Waals surface area contributed by atoms with Crippen LogP contribution < -0.4 is 0 Å². The third-order valence-corrected chi connectivity index (χ3v) is 6.29. The minimum absolute atomic E-state index is 0.0412. The topological polar surface area (TPSA) is 83.9 Å². The number of aromatic carboxylic acids is 1. The van der Waals surface area contributed by atoms with Crippen LogP contribution in [0.3, 0.4) is 0 Å². The van der Waals surface area contributed by atoms with Gasteiger partial charge in [-0.2, -0.15) is 4.31 Å². The molecular weight excluding hydrogens is 362 g/mol. The van der Waals surface area contributed by atoms with Crippen LogP contribution in [0.5, 0.6) is 0 Å². The van der Waals surface area contributed by atoms with E-state index in [-0.39, 0.29) is 20.8 Å². The SMILES string of the molecule is COCC1CCN(S(=O)(=O)c2ccc(C(=O)O)cc2Br)C1. The second-order valence-corrected chi connectivity index (χ2v) is 7.68. The second-order valence-electron chi connectivity index (χ2n) is 4.92. The maximum atomic E-state index is 12.6. The molecule has 116 valence electrons. The molecule has 0 bridgehead atoms. The molecule has 1 unspecified atom stereocenters. The largest absolute Gasteiger partial charge is 0.478 e. The summed E-state index contributed by atoms with van der Waals surface area (Å²) in [5.74, 6) is -0.900. The Balaban J connectivity index is 2.26. The van der Waals surface area contributed by atoms with Gasteiger partial charge in [-0.1, -0.05) is 0 Å². The van der Waals surface area contributed by atoms with Crippen LogP contribution in [0.2, 0.25) is 0 Å². The molecule has 1 fully saturated rings. The summed E-state index contributed by atoms with van der Waals surface area (Å²) in [5.41, 5.74) is 0.0412. The molecule has 1 aromatic carbocycles. The highest BCUT2D eigenvalue weighted by atomic mass is 79.9. The summed E-state index contributed by atoms with van der Waals surface area (Å²) in [5, 5.41) is 8.91. The van der Waals surface area contributed by atoms with Gasteiger partial charge < -0.3 is 9.84 Å². The average molecular weight is 378 g/mol. The van der Waals surface area contributed by atoms with E-state index in [9.17, 15) is 13.2 Å². The average Bonchev–Trinajstić information content (AvgIpc) is 2.88. The van der Waals surface area contributed by atoms with Crippen molar-refractivity contribution in [3.63, 3.8) is 0 Å². The van der Waals surface area contributed by atoms with E-state index in [4.69, 9.17) is 9.84 Å². The number of carboxylic acids is 1. The second kappa shape index (κ2) is 6.43. The zero-order valence-electron chi connectivity index (χ0n) is 11.5. The fourth-order valence-corrected chi connectivity index (χ4v) is 4.94. The summed E-state index contributed by atoms with van der Waals surface area (Å²) in [6, 6.07) is 3.92. The van der Waals surface area contributed by atoms with Gasteiger partial charge in [0.05, 0.1) is 17.1 Å². The molecule has 1 N–H and O–H groups in total. The van der Waals surface area contributed by atoms with Crippen LogP contribution in [0.4, 0.5) is 0 Å². The highest BCUT2D eigenvalue weighted by Gasteiger charge is 2.33. The molecule has 0 spiro atoms. The molecule has 8 heteroatoms. The van der Waals surface area contributed by atoms with Gasteiger partial charge in [0.25, 0.3) is 0 Å². The van der Waals surface area contributed by atoms with E-state index in [2.05, 4.69) is 15.9 Å². The van der Waals surface area contributed by atoms with E-state index < -0.39 is 16.0 Å². The minimum Gasteiger partial charge on any atom is -0.478 e. The number of methoxy groups -OCH3 is 1. The molecule has 0 aliphatic carbocycles. The Morgan fingerprint density at radius 2 is 2.24 bits per heavy atom. The molecule has 2 rings (SSSR count). The number of carbonyl (C=O) groups is 1. The van der Waals surface area contributed by atoms with Crippen molar-refractivity contribution in [2.75, 3.05) is 26.8 Å². The maximum Gasteiger partial charge on any atom is 0.335 e. The molecule has 1 atom stereocenters. The predicted molar refractivity (Wildman–Crippen MR) is 79.8 cm³/mol. The molecule has 21 heavy (non-hydrogen) atoms. The van der Waals surface area contributed by atoms with Gasteiger partial charge in [0.15, 0.2) is 0 Å². The first-order chi connectivity index (χ1) is 9.86. The lowest BCUT2D eigenvalue weighted by Gasteiger charge is -2.17. The van der Waals surface area contributed by atoms with Crippen LogP contribution in [-0.4, -0.2) is 50.6 Å². The van der Waals surface area contributed by atoms with E-state index >= 15 is 0 Å². The predicted octanol–water partition coefficient (Wildman–Crippen LogP) is 1.80. The molecular formula is C13H16BrNO5S. The zero-order valence-corrected chi connectivity index (χ0v) is 13.9. The lowest BCUT2D eigenvalue weighted by molar-refractivity contribution is 0.0696. The number of nitrogens with zero attached hydrogens (tertiary/aromatic N) is 1. The van der Waals surface area contributed by atoms with Crippen LogP contribution in [-0.2, 0) is 14.8 Å². The Labute approximate surface area is 131 Å². The molecule has 1 aliphatic heterocycles. The van der Waals surface area contributed by atoms with Crippen molar-refractivity contribution in [3.8, 4) is 0 Å². The fraction of sp³-hybridized carbons (Fsp3) is 0.462. The van der Waals surface area contributed by atoms with Crippen LogP contribution in [0, 0.1) is 5.92 Å². The first kappa shape index (κ1) is 16.4. The number of rotatable bonds is 5. The molecule has 1 heterocycles. The smallest absolute Gasteiger partial charge is 0.335 e. The number of sulfonamides is 1. The van der Waals surface area contributed by atoms with Crippen LogP contribution in [0.15, 0.2) is 27.6 Å². The Hall–Kier alpha value is -0.960. The Bertz CT molecular complexity index is 646. The van der Waals surface area contributed by atoms with Crippen LogP contribution >= 0.6 is 15.9 Å². The zero-order chi connectivity index (χ0) is 15.6. The molecule has 0 amide bonds. The summed E-state index contributed by atoms with van der Waals surface area (Å²) in [4.78, 5) is 11.0. The highest BCUT2D eigenvalue weighted by molar-refractivity contribution is 9.10. The fourth-order valence-electron chi connectivity index (χ4n) is 2.37. The molecule has 6 nitrogen and oxygen atoms in total. The van der Waals surface area contributed by atoms with Gasteiger partial charge in [0.2, 0.25) is 10.0 Å². The van der Waals surface area contributed by atoms with Crippen molar-refractivity contribution >= 4 is 31.9 Å². The van der Waals surface area contributed by atoms with Crippen molar-refractivity contribution in [2.45, 2.75) is 11.3 Å². The number of hydrogen-bond donors (Lipinski definition) is 1. The van der Waals surface area contributed by atoms with Gasteiger partial charge >= 0.3 is 5.97 Å². The summed E-state index contributed by atoms with van der Waals surface area (Å²) in [6.45, 7) is 1.40. The Morgan fingerprint density at radius 3 is 2.81 bits per heavy atom. The van der Waals surface area contributed by atoms with Crippen molar-refractivity contribution in [1.29, 1.82) is 0 Å². The van der Waals surface area contributed by atoms with Crippen LogP contribution in [0.1, 0.15) is 16.8 Å². The number of benzene rings is 1. The molecule has 0 radical (unpaired) electrons. The first-order valence-corrected chi connectivity index (χ1v) is 8.61. The Morgan fingerprint density at radius 1 is 1.52 bits per heavy atom. The van der Waals surface area contributed by atoms with Gasteiger partial charge in [-0.3, -0.25) is 0 Å². The van der Waals surface area contributed by atoms with E-state index in [1.54, 1.807) is 7.11 Å². The monoisotopic (exact) mass is 377 g/mol. The lowest BCUT2D eigenvalue weighted by Crippen LogP contribution is -2.29. The van der Waals surface area contributed by atoms with E-state index in [0.29, 0.717) is 19.7 Å². The van der Waals surface area contributed by atoms with Gasteiger partial charge in [-0.15, -0.1) is 0 Å². The molecule has 0 aromatic heterocycles. The third-order valence-electron chi connectivity index (χ3n) is 3.45. The number of ether oxygens (including phenoxy) is 1. The van der Waals surface area contributed by atoms with Gasteiger partial charge in [-0.25, -0.2) is 13.2 Å². The van der Waals surface area contributed by atoms with E-state index in [1.165, 1.54) is 22.5 Å². The number of halogens is 1. The number of carboxylic acid groups (broad SMARTS) is 1. The molecule has 0 saturated carbocycles. The van der Waals surface area contributed by atoms with Crippen LogP contribution in [0.25, 0.3) is 0 Å².